The van der Waals surface area contributed by atoms with E-state index in [4.69, 9.17) is 4.42 Å². The summed E-state index contributed by atoms with van der Waals surface area (Å²) in [6, 6.07) is 7.44. The predicted molar refractivity (Wildman–Crippen MR) is 83.2 cm³/mol. The molecule has 108 valence electrons. The average molecular weight is 340 g/mol. The van der Waals surface area contributed by atoms with Crippen LogP contribution >= 0.6 is 15.9 Å². The second-order valence-electron chi connectivity index (χ2n) is 4.80. The summed E-state index contributed by atoms with van der Waals surface area (Å²) in [5, 5.41) is 3.39. The van der Waals surface area contributed by atoms with E-state index >= 15 is 0 Å². The number of benzene rings is 1. The van der Waals surface area contributed by atoms with Crippen molar-refractivity contribution in [2.45, 2.75) is 33.2 Å². The SMILES string of the molecule is CCNC(CC)c1ccc(-c2cc(Br)c(F)cc2C)o1. The van der Waals surface area contributed by atoms with Crippen molar-refractivity contribution in [3.8, 4) is 11.3 Å². The molecule has 0 spiro atoms. The Kier molecular flexibility index (Phi) is 5.00. The van der Waals surface area contributed by atoms with E-state index in [0.29, 0.717) is 4.47 Å². The van der Waals surface area contributed by atoms with Gasteiger partial charge in [0.25, 0.3) is 0 Å². The van der Waals surface area contributed by atoms with E-state index in [1.807, 2.05) is 19.1 Å². The molecule has 0 bridgehead atoms. The van der Waals surface area contributed by atoms with Gasteiger partial charge in [-0.05, 0) is 65.6 Å². The minimum Gasteiger partial charge on any atom is -0.459 e. The van der Waals surface area contributed by atoms with Crippen LogP contribution in [-0.4, -0.2) is 6.54 Å². The summed E-state index contributed by atoms with van der Waals surface area (Å²) in [4.78, 5) is 0. The molecule has 1 N–H and O–H groups in total. The summed E-state index contributed by atoms with van der Waals surface area (Å²) in [7, 11) is 0. The van der Waals surface area contributed by atoms with Crippen LogP contribution in [0.1, 0.15) is 37.6 Å². The number of aryl methyl sites for hydroxylation is 1. The number of hydrogen-bond donors (Lipinski definition) is 1. The van der Waals surface area contributed by atoms with Crippen molar-refractivity contribution in [2.24, 2.45) is 0 Å². The summed E-state index contributed by atoms with van der Waals surface area (Å²) < 4.78 is 19.9. The van der Waals surface area contributed by atoms with Gasteiger partial charge in [0.2, 0.25) is 0 Å². The van der Waals surface area contributed by atoms with E-state index in [-0.39, 0.29) is 11.9 Å². The first kappa shape index (κ1) is 15.3. The molecule has 0 amide bonds. The average Bonchev–Trinajstić information content (AvgIpc) is 2.89. The van der Waals surface area contributed by atoms with Gasteiger partial charge in [-0.25, -0.2) is 4.39 Å². The van der Waals surface area contributed by atoms with Crippen molar-refractivity contribution in [3.05, 3.63) is 45.9 Å². The molecule has 0 saturated heterocycles. The van der Waals surface area contributed by atoms with Gasteiger partial charge in [-0.1, -0.05) is 13.8 Å². The molecular weight excluding hydrogens is 321 g/mol. The lowest BCUT2D eigenvalue weighted by Crippen LogP contribution is -2.19. The largest absolute Gasteiger partial charge is 0.459 e. The first-order chi connectivity index (χ1) is 9.56. The van der Waals surface area contributed by atoms with Crippen LogP contribution in [0.3, 0.4) is 0 Å². The van der Waals surface area contributed by atoms with Gasteiger partial charge in [0.15, 0.2) is 0 Å². The molecule has 0 aliphatic rings. The zero-order valence-corrected chi connectivity index (χ0v) is 13.6. The van der Waals surface area contributed by atoms with Gasteiger partial charge in [0.1, 0.15) is 17.3 Å². The summed E-state index contributed by atoms with van der Waals surface area (Å²) in [5.74, 6) is 1.44. The molecule has 0 fully saturated rings. The standard InChI is InChI=1S/C16H19BrFNO/c1-4-14(19-5-2)16-7-6-15(20-16)11-9-12(17)13(18)8-10(11)3/h6-9,14,19H,4-5H2,1-3H3. The van der Waals surface area contributed by atoms with Crippen LogP contribution in [0.15, 0.2) is 33.2 Å². The highest BCUT2D eigenvalue weighted by Gasteiger charge is 2.15. The monoisotopic (exact) mass is 339 g/mol. The first-order valence-electron chi connectivity index (χ1n) is 6.85. The zero-order valence-electron chi connectivity index (χ0n) is 12.0. The highest BCUT2D eigenvalue weighted by atomic mass is 79.9. The fourth-order valence-electron chi connectivity index (χ4n) is 2.29. The molecule has 1 aromatic heterocycles. The fraction of sp³-hybridized carbons (Fsp3) is 0.375. The summed E-state index contributed by atoms with van der Waals surface area (Å²) in [5.41, 5.74) is 1.78. The Morgan fingerprint density at radius 1 is 1.30 bits per heavy atom. The molecule has 2 rings (SSSR count). The minimum absolute atomic E-state index is 0.220. The normalized spacial score (nSPS) is 12.7. The summed E-state index contributed by atoms with van der Waals surface area (Å²) in [6.07, 6.45) is 0.965. The molecule has 1 aromatic carbocycles. The molecule has 1 unspecified atom stereocenters. The Bertz CT molecular complexity index is 594. The maximum atomic E-state index is 13.5. The van der Waals surface area contributed by atoms with Crippen molar-refractivity contribution < 1.29 is 8.81 Å². The zero-order chi connectivity index (χ0) is 14.7. The van der Waals surface area contributed by atoms with Gasteiger partial charge < -0.3 is 9.73 Å². The van der Waals surface area contributed by atoms with Crippen LogP contribution in [0.4, 0.5) is 4.39 Å². The summed E-state index contributed by atoms with van der Waals surface area (Å²) in [6.45, 7) is 6.98. The first-order valence-corrected chi connectivity index (χ1v) is 7.65. The molecule has 1 heterocycles. The molecule has 20 heavy (non-hydrogen) atoms. The second-order valence-corrected chi connectivity index (χ2v) is 5.66. The van der Waals surface area contributed by atoms with E-state index in [9.17, 15) is 4.39 Å². The van der Waals surface area contributed by atoms with Crippen molar-refractivity contribution in [1.29, 1.82) is 0 Å². The van der Waals surface area contributed by atoms with Gasteiger partial charge >= 0.3 is 0 Å². The van der Waals surface area contributed by atoms with Gasteiger partial charge in [0.05, 0.1) is 10.5 Å². The molecule has 4 heteroatoms. The minimum atomic E-state index is -0.253. The molecular formula is C16H19BrFNO. The van der Waals surface area contributed by atoms with Crippen LogP contribution in [0.2, 0.25) is 0 Å². The lowest BCUT2D eigenvalue weighted by atomic mass is 10.1. The Balaban J connectivity index is 2.35. The van der Waals surface area contributed by atoms with Crippen LogP contribution in [0.5, 0.6) is 0 Å². The van der Waals surface area contributed by atoms with Crippen molar-refractivity contribution >= 4 is 15.9 Å². The maximum Gasteiger partial charge on any atom is 0.137 e. The van der Waals surface area contributed by atoms with Crippen LogP contribution in [-0.2, 0) is 0 Å². The van der Waals surface area contributed by atoms with Gasteiger partial charge in [-0.2, -0.15) is 0 Å². The predicted octanol–water partition coefficient (Wildman–Crippen LogP) is 5.22. The Morgan fingerprint density at radius 2 is 2.05 bits per heavy atom. The van der Waals surface area contributed by atoms with Crippen LogP contribution in [0.25, 0.3) is 11.3 Å². The molecule has 2 nitrogen and oxygen atoms in total. The quantitative estimate of drug-likeness (QED) is 0.807. The van der Waals surface area contributed by atoms with E-state index in [1.54, 1.807) is 6.07 Å². The van der Waals surface area contributed by atoms with E-state index < -0.39 is 0 Å². The van der Waals surface area contributed by atoms with Gasteiger partial charge in [-0.15, -0.1) is 0 Å². The molecule has 0 aliphatic carbocycles. The smallest absolute Gasteiger partial charge is 0.137 e. The topological polar surface area (TPSA) is 25.2 Å². The van der Waals surface area contributed by atoms with Gasteiger partial charge in [-0.3, -0.25) is 0 Å². The van der Waals surface area contributed by atoms with Crippen LogP contribution in [0, 0.1) is 12.7 Å². The number of furan rings is 1. The van der Waals surface area contributed by atoms with E-state index in [1.165, 1.54) is 6.07 Å². The Morgan fingerprint density at radius 3 is 2.70 bits per heavy atom. The third kappa shape index (κ3) is 3.13. The highest BCUT2D eigenvalue weighted by Crippen LogP contribution is 2.32. The third-order valence-electron chi connectivity index (χ3n) is 3.36. The molecule has 0 radical (unpaired) electrons. The molecule has 0 aliphatic heterocycles. The van der Waals surface area contributed by atoms with Crippen molar-refractivity contribution in [3.63, 3.8) is 0 Å². The lowest BCUT2D eigenvalue weighted by molar-refractivity contribution is 0.417. The van der Waals surface area contributed by atoms with Crippen molar-refractivity contribution in [2.75, 3.05) is 6.54 Å². The highest BCUT2D eigenvalue weighted by molar-refractivity contribution is 9.10. The second kappa shape index (κ2) is 6.55. The lowest BCUT2D eigenvalue weighted by Gasteiger charge is -2.12. The van der Waals surface area contributed by atoms with E-state index in [0.717, 1.165) is 35.6 Å². The molecule has 2 aromatic rings. The number of halogens is 2. The number of rotatable bonds is 5. The maximum absolute atomic E-state index is 13.5. The molecule has 1 atom stereocenters. The third-order valence-corrected chi connectivity index (χ3v) is 3.97. The Hall–Kier alpha value is -1.13. The Labute approximate surface area is 127 Å². The number of hydrogen-bond acceptors (Lipinski definition) is 2. The molecule has 0 saturated carbocycles. The van der Waals surface area contributed by atoms with E-state index in [2.05, 4.69) is 35.1 Å². The summed E-state index contributed by atoms with van der Waals surface area (Å²) >= 11 is 3.22. The fourth-order valence-corrected chi connectivity index (χ4v) is 2.63. The van der Waals surface area contributed by atoms with Crippen molar-refractivity contribution in [1.82, 2.24) is 5.32 Å². The number of nitrogens with one attached hydrogen (secondary N) is 1. The van der Waals surface area contributed by atoms with Crippen LogP contribution < -0.4 is 5.32 Å². The van der Waals surface area contributed by atoms with Gasteiger partial charge in [0, 0.05) is 5.56 Å².